The topological polar surface area (TPSA) is 221 Å². The van der Waals surface area contributed by atoms with Crippen LogP contribution in [0.3, 0.4) is 0 Å². The van der Waals surface area contributed by atoms with Crippen LogP contribution in [0.5, 0.6) is 46.3 Å². The summed E-state index contributed by atoms with van der Waals surface area (Å²) in [5.74, 6) is 0.191. The first-order chi connectivity index (χ1) is 35.3. The Morgan fingerprint density at radius 1 is 0.541 bits per heavy atom. The van der Waals surface area contributed by atoms with E-state index in [1.165, 1.54) is 49.6 Å². The molecule has 0 saturated carbocycles. The average Bonchev–Trinajstić information content (AvgIpc) is 3.38. The van der Waals surface area contributed by atoms with Crippen LogP contribution in [0.1, 0.15) is 109 Å². The van der Waals surface area contributed by atoms with Gasteiger partial charge in [-0.05, 0) is 95.2 Å². The number of nitrogens with one attached hydrogen (secondary N) is 1. The zero-order valence-corrected chi connectivity index (χ0v) is 44.7. The molecule has 1 amide bonds. The number of methoxy groups -OCH3 is 7. The minimum Gasteiger partial charge on any atom is -0.503 e. The second-order valence-corrected chi connectivity index (χ2v) is 18.2. The van der Waals surface area contributed by atoms with Crippen molar-refractivity contribution in [1.82, 2.24) is 9.13 Å². The second-order valence-electron chi connectivity index (χ2n) is 18.2. The number of pyridine rings is 2. The van der Waals surface area contributed by atoms with Crippen LogP contribution in [0.15, 0.2) is 107 Å². The quantitative estimate of drug-likeness (QED) is 0.0438. The highest BCUT2D eigenvalue weighted by Crippen LogP contribution is 2.39. The third-order valence-corrected chi connectivity index (χ3v) is 12.0. The van der Waals surface area contributed by atoms with Crippen molar-refractivity contribution in [2.75, 3.05) is 60.8 Å². The summed E-state index contributed by atoms with van der Waals surface area (Å²) in [6.07, 6.45) is 2.14. The molecule has 0 aliphatic rings. The van der Waals surface area contributed by atoms with E-state index in [4.69, 9.17) is 34.2 Å². The Labute approximate surface area is 433 Å². The molecule has 6 aromatic rings. The normalized spacial score (nSPS) is 11.5. The minimum atomic E-state index is -0.966. The van der Waals surface area contributed by atoms with Crippen LogP contribution in [0.25, 0.3) is 0 Å². The van der Waals surface area contributed by atoms with Crippen LogP contribution < -0.4 is 50.6 Å². The number of carbonyl (C=O) groups excluding carboxylic acids is 2. The third-order valence-electron chi connectivity index (χ3n) is 12.0. The fraction of sp³-hybridized carbons (Fsp3) is 0.368. The predicted molar refractivity (Wildman–Crippen MR) is 287 cm³/mol. The van der Waals surface area contributed by atoms with E-state index in [0.717, 1.165) is 41.8 Å². The van der Waals surface area contributed by atoms with Crippen LogP contribution in [-0.2, 0) is 17.8 Å². The number of benzene rings is 4. The molecule has 2 heterocycles. The first-order valence-electron chi connectivity index (χ1n) is 24.0. The van der Waals surface area contributed by atoms with Crippen LogP contribution >= 0.6 is 0 Å². The number of hydrogen-bond acceptors (Lipinski definition) is 14. The van der Waals surface area contributed by atoms with Gasteiger partial charge in [-0.15, -0.1) is 0 Å². The lowest BCUT2D eigenvalue weighted by Gasteiger charge is -2.20. The van der Waals surface area contributed by atoms with Gasteiger partial charge in [0.05, 0.1) is 62.9 Å². The third kappa shape index (κ3) is 14.5. The smallest absolute Gasteiger partial charge is 0.347 e. The van der Waals surface area contributed by atoms with Gasteiger partial charge < -0.3 is 54.4 Å². The van der Waals surface area contributed by atoms with E-state index in [0.29, 0.717) is 29.0 Å². The van der Waals surface area contributed by atoms with E-state index >= 15 is 0 Å². The Kier molecular flexibility index (Phi) is 21.9. The Balaban J connectivity index is 0.000000269. The lowest BCUT2D eigenvalue weighted by atomic mass is 9.91. The summed E-state index contributed by atoms with van der Waals surface area (Å²) in [5.41, 5.74) is 8.78. The molecule has 74 heavy (non-hydrogen) atoms. The maximum Gasteiger partial charge on any atom is 0.347 e. The van der Waals surface area contributed by atoms with Gasteiger partial charge in [0, 0.05) is 11.4 Å². The number of esters is 1. The maximum atomic E-state index is 13.5. The van der Waals surface area contributed by atoms with Gasteiger partial charge in [0.2, 0.25) is 23.3 Å². The Hall–Kier alpha value is -8.08. The molecule has 2 atom stereocenters. The van der Waals surface area contributed by atoms with Crippen LogP contribution in [0.2, 0.25) is 0 Å². The highest BCUT2D eigenvalue weighted by molar-refractivity contribution is 6.07. The van der Waals surface area contributed by atoms with Crippen molar-refractivity contribution >= 4 is 23.3 Å². The average molecular weight is 1020 g/mol. The molecule has 6 rings (SSSR count). The van der Waals surface area contributed by atoms with Gasteiger partial charge in [-0.3, -0.25) is 23.5 Å². The first kappa shape index (κ1) is 58.5. The van der Waals surface area contributed by atoms with Crippen LogP contribution in [0, 0.1) is 11.8 Å². The van der Waals surface area contributed by atoms with Gasteiger partial charge in [-0.1, -0.05) is 102 Å². The Morgan fingerprint density at radius 2 is 0.946 bits per heavy atom. The molecule has 0 radical (unpaired) electrons. The molecule has 2 aromatic heterocycles. The fourth-order valence-electron chi connectivity index (χ4n) is 8.56. The van der Waals surface area contributed by atoms with Gasteiger partial charge >= 0.3 is 5.97 Å². The number of para-hydroxylation sites is 2. The molecule has 0 fully saturated rings. The van der Waals surface area contributed by atoms with Gasteiger partial charge in [0.1, 0.15) is 11.5 Å². The molecular weight excluding hydrogens is 949 g/mol. The van der Waals surface area contributed by atoms with E-state index < -0.39 is 45.6 Å². The molecule has 0 spiro atoms. The second kappa shape index (κ2) is 27.7. The zero-order valence-electron chi connectivity index (χ0n) is 44.7. The lowest BCUT2D eigenvalue weighted by molar-refractivity contribution is 0.0593. The first-order valence-corrected chi connectivity index (χ1v) is 24.0. The van der Waals surface area contributed by atoms with E-state index in [-0.39, 0.29) is 42.3 Å². The molecule has 4 aromatic carbocycles. The van der Waals surface area contributed by atoms with Crippen LogP contribution in [0.4, 0.5) is 11.4 Å². The summed E-state index contributed by atoms with van der Waals surface area (Å²) in [6.45, 7) is 13.3. The number of ether oxygens (including phenoxy) is 7. The number of hydrogen-bond donors (Lipinski definition) is 4. The number of nitrogens with two attached hydrogens (primary N) is 1. The standard InChI is InChI=1S/C28H34N2O6.C17H19NO7.C12H19N/c1-17(2)15-18(3)21-9-7-8-10-22(21)29-26(32)23-24(31)25(35-5)28(36-6)30(27(23)33)16-19-11-13-20(34-4)14-12-19;1-22-11-7-5-10(6-8-11)9-18-15(20)12(17(21)25-4)13(19)14(23-2)16(18)24-3;1-9(2)8-10(3)11-6-4-5-7-12(11)13/h7-14,17-18,31H,15-16H2,1-6H3,(H,29,32);5-8,19H,9H2,1-4H3;4-7,9-10H,8,13H2,1-3H3. The van der Waals surface area contributed by atoms with E-state index in [2.05, 4.69) is 63.7 Å². The number of nitrogens with zero attached hydrogens (tertiary/aromatic N) is 2. The van der Waals surface area contributed by atoms with Gasteiger partial charge in [0.25, 0.3) is 17.0 Å². The number of anilines is 2. The predicted octanol–water partition coefficient (Wildman–Crippen LogP) is 9.86. The molecule has 0 saturated heterocycles. The molecule has 17 heteroatoms. The maximum absolute atomic E-state index is 13.5. The monoisotopic (exact) mass is 1020 g/mol. The number of nitrogen functional groups attached to an aromatic ring is 1. The van der Waals surface area contributed by atoms with Crippen molar-refractivity contribution in [2.45, 2.75) is 79.3 Å². The van der Waals surface area contributed by atoms with Crippen molar-refractivity contribution in [3.8, 4) is 46.3 Å². The van der Waals surface area contributed by atoms with E-state index in [1.54, 1.807) is 68.8 Å². The summed E-state index contributed by atoms with van der Waals surface area (Å²) in [5, 5.41) is 23.9. The molecular formula is C57H72N4O13. The van der Waals surface area contributed by atoms with E-state index in [1.807, 2.05) is 30.3 Å². The van der Waals surface area contributed by atoms with Crippen molar-refractivity contribution in [3.63, 3.8) is 0 Å². The summed E-state index contributed by atoms with van der Waals surface area (Å²) >= 11 is 0. The van der Waals surface area contributed by atoms with Crippen molar-refractivity contribution in [2.24, 2.45) is 11.8 Å². The molecule has 398 valence electrons. The highest BCUT2D eigenvalue weighted by Gasteiger charge is 2.30. The van der Waals surface area contributed by atoms with Crippen molar-refractivity contribution in [3.05, 3.63) is 151 Å². The summed E-state index contributed by atoms with van der Waals surface area (Å²) in [6, 6.07) is 29.8. The molecule has 2 unspecified atom stereocenters. The number of aromatic hydroxyl groups is 2. The Bertz CT molecular complexity index is 2930. The highest BCUT2D eigenvalue weighted by atomic mass is 16.5. The number of amides is 1. The number of carbonyl (C=O) groups is 2. The molecule has 0 aliphatic carbocycles. The van der Waals surface area contributed by atoms with Crippen molar-refractivity contribution < 1.29 is 53.0 Å². The van der Waals surface area contributed by atoms with Crippen molar-refractivity contribution in [1.29, 1.82) is 0 Å². The molecule has 17 nitrogen and oxygen atoms in total. The lowest BCUT2D eigenvalue weighted by Crippen LogP contribution is -2.31. The van der Waals surface area contributed by atoms with Gasteiger partial charge in [0.15, 0.2) is 22.6 Å². The molecule has 5 N–H and O–H groups in total. The molecule has 0 bridgehead atoms. The van der Waals surface area contributed by atoms with Crippen LogP contribution in [-0.4, -0.2) is 81.0 Å². The molecule has 0 aliphatic heterocycles. The largest absolute Gasteiger partial charge is 0.503 e. The number of aromatic nitrogens is 2. The Morgan fingerprint density at radius 3 is 1.35 bits per heavy atom. The summed E-state index contributed by atoms with van der Waals surface area (Å²) in [7, 11) is 9.57. The van der Waals surface area contributed by atoms with Gasteiger partial charge in [-0.25, -0.2) is 4.79 Å². The summed E-state index contributed by atoms with van der Waals surface area (Å²) in [4.78, 5) is 51.6. The fourth-order valence-corrected chi connectivity index (χ4v) is 8.56. The zero-order chi connectivity index (χ0) is 54.8. The minimum absolute atomic E-state index is 0.00605. The number of rotatable bonds is 19. The SMILES string of the molecule is CC(C)CC(C)c1ccccc1N.COC(=O)c1c(O)c(OC)c(OC)n(Cc2ccc(OC)cc2)c1=O.COc1ccc(Cn2c(OC)c(OC)c(O)c(C(=O)Nc3ccccc3C(C)CC(C)C)c2=O)cc1. The summed E-state index contributed by atoms with van der Waals surface area (Å²) < 4.78 is 38.4. The van der Waals surface area contributed by atoms with E-state index in [9.17, 15) is 29.4 Å². The van der Waals surface area contributed by atoms with Gasteiger partial charge in [-0.2, -0.15) is 0 Å².